The van der Waals surface area contributed by atoms with Crippen LogP contribution in [0.25, 0.3) is 0 Å². The third kappa shape index (κ3) is 2.77. The zero-order chi connectivity index (χ0) is 12.2. The summed E-state index contributed by atoms with van der Waals surface area (Å²) in [6, 6.07) is 1.21. The summed E-state index contributed by atoms with van der Waals surface area (Å²) in [7, 11) is -3.65. The molecule has 0 bridgehead atoms. The van der Waals surface area contributed by atoms with Crippen LogP contribution in [0.2, 0.25) is 0 Å². The first kappa shape index (κ1) is 12.6. The highest BCUT2D eigenvalue weighted by atomic mass is 32.2. The molecule has 1 aromatic heterocycles. The van der Waals surface area contributed by atoms with Crippen molar-refractivity contribution in [2.24, 2.45) is 0 Å². The predicted octanol–water partition coefficient (Wildman–Crippen LogP) is 0.0873. The van der Waals surface area contributed by atoms with Crippen molar-refractivity contribution < 1.29 is 8.42 Å². The van der Waals surface area contributed by atoms with Gasteiger partial charge >= 0.3 is 0 Å². The maximum Gasteiger partial charge on any atom is 0.228 e. The Morgan fingerprint density at radius 2 is 2.38 bits per heavy atom. The molecule has 7 nitrogen and oxygen atoms in total. The first-order valence-electron chi connectivity index (χ1n) is 4.77. The molecular formula is C8H13N5O2S. The fourth-order valence-electron chi connectivity index (χ4n) is 1.19. The van der Waals surface area contributed by atoms with Gasteiger partial charge in [0.15, 0.2) is 5.25 Å². The Morgan fingerprint density at radius 1 is 1.69 bits per heavy atom. The Morgan fingerprint density at radius 3 is 2.81 bits per heavy atom. The van der Waals surface area contributed by atoms with Crippen LogP contribution in [0, 0.1) is 11.3 Å². The number of nitrogens with zero attached hydrogens (tertiary/aromatic N) is 3. The fraction of sp³-hybridized carbons (Fsp3) is 0.625. The summed E-state index contributed by atoms with van der Waals surface area (Å²) in [6.07, 6.45) is 1.54. The van der Waals surface area contributed by atoms with Gasteiger partial charge in [-0.05, 0) is 13.3 Å². The van der Waals surface area contributed by atoms with Crippen molar-refractivity contribution in [3.8, 4) is 6.07 Å². The van der Waals surface area contributed by atoms with Gasteiger partial charge in [0.25, 0.3) is 0 Å². The summed E-state index contributed by atoms with van der Waals surface area (Å²) in [4.78, 5) is 3.83. The smallest absolute Gasteiger partial charge is 0.228 e. The summed E-state index contributed by atoms with van der Waals surface area (Å²) >= 11 is 0. The number of nitriles is 1. The number of nitrogens with one attached hydrogen (secondary N) is 2. The highest BCUT2D eigenvalue weighted by Gasteiger charge is 2.26. The zero-order valence-corrected chi connectivity index (χ0v) is 9.82. The molecule has 0 aliphatic heterocycles. The number of sulfonamides is 1. The zero-order valence-electron chi connectivity index (χ0n) is 9.01. The summed E-state index contributed by atoms with van der Waals surface area (Å²) in [6.45, 7) is 3.27. The molecule has 2 atom stereocenters. The molecule has 0 saturated carbocycles. The largest absolute Gasteiger partial charge is 0.262 e. The maximum absolute atomic E-state index is 11.7. The summed E-state index contributed by atoms with van der Waals surface area (Å²) in [5.74, 6) is 0.413. The average Bonchev–Trinajstić information content (AvgIpc) is 2.70. The maximum atomic E-state index is 11.7. The number of rotatable bonds is 5. The van der Waals surface area contributed by atoms with Crippen molar-refractivity contribution in [2.45, 2.75) is 31.6 Å². The second-order valence-electron chi connectivity index (χ2n) is 3.28. The van der Waals surface area contributed by atoms with Gasteiger partial charge in [0.05, 0.1) is 12.1 Å². The third-order valence-electron chi connectivity index (χ3n) is 2.07. The number of hydrogen-bond donors (Lipinski definition) is 2. The first-order valence-corrected chi connectivity index (χ1v) is 6.32. The molecule has 1 aromatic rings. The van der Waals surface area contributed by atoms with E-state index in [1.165, 1.54) is 6.33 Å². The van der Waals surface area contributed by atoms with Crippen LogP contribution in [0.15, 0.2) is 6.33 Å². The van der Waals surface area contributed by atoms with E-state index in [1.54, 1.807) is 19.9 Å². The molecule has 0 aliphatic carbocycles. The summed E-state index contributed by atoms with van der Waals surface area (Å²) in [5.41, 5.74) is 0. The number of H-pyrrole nitrogens is 1. The van der Waals surface area contributed by atoms with Gasteiger partial charge in [0.2, 0.25) is 10.0 Å². The number of hydrogen-bond acceptors (Lipinski definition) is 5. The highest BCUT2D eigenvalue weighted by molar-refractivity contribution is 7.90. The lowest BCUT2D eigenvalue weighted by atomic mass is 10.3. The van der Waals surface area contributed by atoms with E-state index in [9.17, 15) is 8.42 Å². The molecule has 0 spiro atoms. The third-order valence-corrected chi connectivity index (χ3v) is 3.94. The van der Waals surface area contributed by atoms with Gasteiger partial charge in [0, 0.05) is 0 Å². The van der Waals surface area contributed by atoms with Gasteiger partial charge < -0.3 is 0 Å². The van der Waals surface area contributed by atoms with Crippen molar-refractivity contribution in [1.29, 1.82) is 5.26 Å². The minimum atomic E-state index is -3.65. The standard InChI is InChI=1S/C8H13N5O2S/c1-3-7(4-9)16(14,15)13-6(2)8-10-5-11-12-8/h5-7,13H,3H2,1-2H3,(H,10,11,12). The van der Waals surface area contributed by atoms with Gasteiger partial charge in [-0.1, -0.05) is 6.92 Å². The van der Waals surface area contributed by atoms with E-state index in [0.717, 1.165) is 0 Å². The molecule has 0 amide bonds. The Bertz CT molecular complexity index is 461. The highest BCUT2D eigenvalue weighted by Crippen LogP contribution is 2.10. The van der Waals surface area contributed by atoms with Crippen molar-refractivity contribution in [3.05, 3.63) is 12.2 Å². The summed E-state index contributed by atoms with van der Waals surface area (Å²) in [5, 5.41) is 13.8. The van der Waals surface area contributed by atoms with Crippen LogP contribution in [0.4, 0.5) is 0 Å². The Kier molecular flexibility index (Phi) is 3.98. The molecule has 0 aromatic carbocycles. The molecule has 8 heteroatoms. The summed E-state index contributed by atoms with van der Waals surface area (Å²) < 4.78 is 25.8. The minimum Gasteiger partial charge on any atom is -0.262 e. The lowest BCUT2D eigenvalue weighted by Crippen LogP contribution is -2.35. The van der Waals surface area contributed by atoms with E-state index in [2.05, 4.69) is 19.9 Å². The van der Waals surface area contributed by atoms with Crippen molar-refractivity contribution >= 4 is 10.0 Å². The molecule has 1 heterocycles. The molecule has 0 saturated heterocycles. The van der Waals surface area contributed by atoms with E-state index >= 15 is 0 Å². The molecule has 16 heavy (non-hydrogen) atoms. The Labute approximate surface area is 93.9 Å². The van der Waals surface area contributed by atoms with Crippen LogP contribution in [0.1, 0.15) is 32.1 Å². The van der Waals surface area contributed by atoms with Crippen LogP contribution in [-0.2, 0) is 10.0 Å². The van der Waals surface area contributed by atoms with Crippen LogP contribution in [0.3, 0.4) is 0 Å². The molecule has 2 unspecified atom stereocenters. The molecular weight excluding hydrogens is 230 g/mol. The van der Waals surface area contributed by atoms with Crippen LogP contribution >= 0.6 is 0 Å². The fourth-order valence-corrected chi connectivity index (χ4v) is 2.53. The predicted molar refractivity (Wildman–Crippen MR) is 56.5 cm³/mol. The molecule has 0 aliphatic rings. The van der Waals surface area contributed by atoms with Gasteiger partial charge in [-0.3, -0.25) is 5.10 Å². The van der Waals surface area contributed by atoms with Gasteiger partial charge in [-0.25, -0.2) is 18.1 Å². The lowest BCUT2D eigenvalue weighted by Gasteiger charge is -2.14. The van der Waals surface area contributed by atoms with Crippen LogP contribution in [-0.4, -0.2) is 28.8 Å². The second-order valence-corrected chi connectivity index (χ2v) is 5.18. The molecule has 1 rings (SSSR count). The van der Waals surface area contributed by atoms with Gasteiger partial charge in [-0.15, -0.1) is 0 Å². The van der Waals surface area contributed by atoms with Gasteiger partial charge in [0.1, 0.15) is 12.2 Å². The number of aromatic nitrogens is 3. The molecule has 0 radical (unpaired) electrons. The van der Waals surface area contributed by atoms with Crippen molar-refractivity contribution in [2.75, 3.05) is 0 Å². The Hall–Kier alpha value is -1.46. The van der Waals surface area contributed by atoms with E-state index in [0.29, 0.717) is 5.82 Å². The van der Waals surface area contributed by atoms with Crippen molar-refractivity contribution in [1.82, 2.24) is 19.9 Å². The Balaban J connectivity index is 2.78. The second kappa shape index (κ2) is 5.05. The van der Waals surface area contributed by atoms with Crippen molar-refractivity contribution in [3.63, 3.8) is 0 Å². The van der Waals surface area contributed by atoms with Crippen LogP contribution < -0.4 is 4.72 Å². The monoisotopic (exact) mass is 243 g/mol. The van der Waals surface area contributed by atoms with E-state index < -0.39 is 21.3 Å². The van der Waals surface area contributed by atoms with E-state index in [-0.39, 0.29) is 6.42 Å². The SMILES string of the molecule is CCC(C#N)S(=O)(=O)NC(C)c1ncn[nH]1. The molecule has 88 valence electrons. The lowest BCUT2D eigenvalue weighted by molar-refractivity contribution is 0.552. The van der Waals surface area contributed by atoms with Crippen LogP contribution in [0.5, 0.6) is 0 Å². The van der Waals surface area contributed by atoms with Gasteiger partial charge in [-0.2, -0.15) is 10.4 Å². The van der Waals surface area contributed by atoms with E-state index in [1.807, 2.05) is 0 Å². The quantitative estimate of drug-likeness (QED) is 0.761. The number of aromatic amines is 1. The minimum absolute atomic E-state index is 0.245. The average molecular weight is 243 g/mol. The van der Waals surface area contributed by atoms with E-state index in [4.69, 9.17) is 5.26 Å². The normalized spacial score (nSPS) is 15.3. The molecule has 2 N–H and O–H groups in total. The topological polar surface area (TPSA) is 112 Å². The molecule has 0 fully saturated rings. The first-order chi connectivity index (χ1) is 7.51.